The normalized spacial score (nSPS) is 18.6. The average Bonchev–Trinajstić information content (AvgIpc) is 3.09. The number of hydrogen-bond acceptors (Lipinski definition) is 7. The molecule has 2 heterocycles. The topological polar surface area (TPSA) is 110 Å². The molecule has 0 saturated carbocycles. The van der Waals surface area contributed by atoms with Gasteiger partial charge in [-0.15, -0.1) is 4.36 Å². The largest absolute Gasteiger partial charge is 0.491 e. The summed E-state index contributed by atoms with van der Waals surface area (Å²) in [4.78, 5) is 31.2. The molecule has 1 N–H and O–H groups in total. The molecule has 1 aromatic heterocycles. The molecule has 37 heavy (non-hydrogen) atoms. The van der Waals surface area contributed by atoms with E-state index < -0.39 is 45.0 Å². The van der Waals surface area contributed by atoms with Crippen molar-refractivity contribution in [1.29, 1.82) is 0 Å². The van der Waals surface area contributed by atoms with Gasteiger partial charge in [0.15, 0.2) is 11.6 Å². The summed E-state index contributed by atoms with van der Waals surface area (Å²) in [6, 6.07) is 4.52. The fourth-order valence-electron chi connectivity index (χ4n) is 4.09. The lowest BCUT2D eigenvalue weighted by Crippen LogP contribution is -2.40. The molecule has 1 aliphatic heterocycles. The number of carbonyl (C=O) groups is 2. The first-order valence-corrected chi connectivity index (χ1v) is 13.5. The van der Waals surface area contributed by atoms with E-state index in [9.17, 15) is 22.6 Å². The molecular weight excluding hydrogens is 506 g/mol. The van der Waals surface area contributed by atoms with Crippen LogP contribution < -0.4 is 15.0 Å². The van der Waals surface area contributed by atoms with Crippen LogP contribution >= 0.6 is 0 Å². The standard InChI is InChI=1S/C25H32F2N4O5S/c1-24(2,3)36-23(33)30-37(7,34)19-12-15(10-11-28-19)29-22(32)18-13-25(4,5)14-31(18)17-9-8-16(26)20(27)21(17)35-6/h8-12,18H,13-14H2,1-7H3,(H,28,29,32)/t18?,37-/m1/s1. The van der Waals surface area contributed by atoms with E-state index in [0.29, 0.717) is 13.0 Å². The van der Waals surface area contributed by atoms with Crippen LogP contribution in [-0.4, -0.2) is 52.7 Å². The lowest BCUT2D eigenvalue weighted by molar-refractivity contribution is -0.117. The molecular formula is C25H32F2N4O5S. The molecule has 2 atom stereocenters. The Balaban J connectivity index is 1.89. The predicted molar refractivity (Wildman–Crippen MR) is 136 cm³/mol. The Labute approximate surface area is 215 Å². The molecule has 1 aromatic carbocycles. The summed E-state index contributed by atoms with van der Waals surface area (Å²) >= 11 is 0. The third-order valence-corrected chi connectivity index (χ3v) is 7.10. The van der Waals surface area contributed by atoms with E-state index in [1.54, 1.807) is 25.7 Å². The average molecular weight is 539 g/mol. The lowest BCUT2D eigenvalue weighted by Gasteiger charge is -2.28. The second kappa shape index (κ2) is 10.2. The third kappa shape index (κ3) is 6.73. The quantitative estimate of drug-likeness (QED) is 0.570. The Bertz CT molecular complexity index is 1330. The van der Waals surface area contributed by atoms with E-state index in [1.807, 2.05) is 13.8 Å². The first-order chi connectivity index (χ1) is 17.0. The van der Waals surface area contributed by atoms with E-state index in [-0.39, 0.29) is 27.6 Å². The van der Waals surface area contributed by atoms with Crippen molar-refractivity contribution in [2.45, 2.75) is 57.7 Å². The molecule has 1 aliphatic rings. The van der Waals surface area contributed by atoms with Gasteiger partial charge in [0.2, 0.25) is 11.7 Å². The molecule has 1 saturated heterocycles. The molecule has 202 valence electrons. The van der Waals surface area contributed by atoms with Gasteiger partial charge in [0, 0.05) is 24.7 Å². The second-order valence-corrected chi connectivity index (χ2v) is 12.9. The van der Waals surface area contributed by atoms with Gasteiger partial charge in [-0.25, -0.2) is 18.4 Å². The van der Waals surface area contributed by atoms with Crippen LogP contribution in [0.3, 0.4) is 0 Å². The van der Waals surface area contributed by atoms with Gasteiger partial charge in [-0.3, -0.25) is 4.79 Å². The van der Waals surface area contributed by atoms with Crippen LogP contribution in [0.4, 0.5) is 25.0 Å². The fraction of sp³-hybridized carbons (Fsp3) is 0.480. The van der Waals surface area contributed by atoms with Crippen LogP contribution in [0.1, 0.15) is 41.0 Å². The number of rotatable bonds is 5. The summed E-state index contributed by atoms with van der Waals surface area (Å²) in [5.74, 6) is -2.88. The highest BCUT2D eigenvalue weighted by molar-refractivity contribution is 7.93. The highest BCUT2D eigenvalue weighted by atomic mass is 32.2. The van der Waals surface area contributed by atoms with E-state index in [1.165, 1.54) is 37.8 Å². The maximum absolute atomic E-state index is 14.4. The molecule has 0 aliphatic carbocycles. The van der Waals surface area contributed by atoms with Crippen LogP contribution in [0, 0.1) is 17.0 Å². The highest BCUT2D eigenvalue weighted by Gasteiger charge is 2.43. The summed E-state index contributed by atoms with van der Waals surface area (Å²) in [7, 11) is -2.03. The van der Waals surface area contributed by atoms with Gasteiger partial charge >= 0.3 is 6.09 Å². The van der Waals surface area contributed by atoms with Crippen molar-refractivity contribution >= 4 is 33.1 Å². The number of amides is 2. The number of aromatic nitrogens is 1. The van der Waals surface area contributed by atoms with Gasteiger partial charge < -0.3 is 19.7 Å². The van der Waals surface area contributed by atoms with E-state index >= 15 is 0 Å². The van der Waals surface area contributed by atoms with Crippen molar-refractivity contribution in [1.82, 2.24) is 4.98 Å². The highest BCUT2D eigenvalue weighted by Crippen LogP contribution is 2.42. The number of pyridine rings is 1. The number of halogens is 2. The van der Waals surface area contributed by atoms with Crippen LogP contribution in [0.25, 0.3) is 0 Å². The zero-order valence-electron chi connectivity index (χ0n) is 21.9. The predicted octanol–water partition coefficient (Wildman–Crippen LogP) is 5.00. The SMILES string of the molecule is COc1c(N2CC(C)(C)CC2C(=O)Nc2ccnc([S@@](C)(=O)=NC(=O)OC(C)(C)C)c2)ccc(F)c1F. The Morgan fingerprint density at radius 3 is 2.54 bits per heavy atom. The number of hydrogen-bond donors (Lipinski definition) is 1. The summed E-state index contributed by atoms with van der Waals surface area (Å²) in [5, 5.41) is 2.76. The Morgan fingerprint density at radius 2 is 1.92 bits per heavy atom. The zero-order chi connectivity index (χ0) is 27.8. The van der Waals surface area contributed by atoms with Crippen LogP contribution in [0.15, 0.2) is 39.9 Å². The summed E-state index contributed by atoms with van der Waals surface area (Å²) in [5.41, 5.74) is -0.581. The van der Waals surface area contributed by atoms with Gasteiger partial charge in [-0.2, -0.15) is 4.39 Å². The number of benzene rings is 1. The molecule has 3 rings (SSSR count). The molecule has 1 fully saturated rings. The van der Waals surface area contributed by atoms with Gasteiger partial charge in [0.05, 0.1) is 12.8 Å². The first-order valence-electron chi connectivity index (χ1n) is 11.5. The minimum Gasteiger partial charge on any atom is -0.491 e. The van der Waals surface area contributed by atoms with Crippen LogP contribution in [0.2, 0.25) is 0 Å². The number of anilines is 2. The molecule has 12 heteroatoms. The van der Waals surface area contributed by atoms with E-state index in [0.717, 1.165) is 6.07 Å². The minimum atomic E-state index is -3.27. The van der Waals surface area contributed by atoms with Crippen molar-refractivity contribution in [3.05, 3.63) is 42.1 Å². The monoisotopic (exact) mass is 538 g/mol. The first kappa shape index (κ1) is 28.3. The van der Waals surface area contributed by atoms with Crippen molar-refractivity contribution in [2.24, 2.45) is 9.78 Å². The van der Waals surface area contributed by atoms with E-state index in [4.69, 9.17) is 9.47 Å². The zero-order valence-corrected chi connectivity index (χ0v) is 22.7. The molecule has 0 radical (unpaired) electrons. The smallest absolute Gasteiger partial charge is 0.442 e. The van der Waals surface area contributed by atoms with Crippen molar-refractivity contribution in [2.75, 3.05) is 30.1 Å². The molecule has 9 nitrogen and oxygen atoms in total. The number of ether oxygens (including phenoxy) is 2. The Kier molecular flexibility index (Phi) is 7.83. The second-order valence-electron chi connectivity index (χ2n) is 10.7. The molecule has 0 spiro atoms. The Morgan fingerprint density at radius 1 is 1.24 bits per heavy atom. The van der Waals surface area contributed by atoms with Gasteiger partial charge in [0.25, 0.3) is 0 Å². The van der Waals surface area contributed by atoms with E-state index in [2.05, 4.69) is 14.7 Å². The number of methoxy groups -OCH3 is 1. The maximum atomic E-state index is 14.4. The van der Waals surface area contributed by atoms with Crippen molar-refractivity contribution < 1.29 is 32.1 Å². The number of carbonyl (C=O) groups excluding carboxylic acids is 2. The fourth-order valence-corrected chi connectivity index (χ4v) is 5.11. The molecule has 2 aromatic rings. The van der Waals surface area contributed by atoms with Gasteiger partial charge in [-0.1, -0.05) is 13.8 Å². The third-order valence-electron chi connectivity index (χ3n) is 5.60. The molecule has 0 bridgehead atoms. The lowest BCUT2D eigenvalue weighted by atomic mass is 9.90. The van der Waals surface area contributed by atoms with Gasteiger partial charge in [-0.05, 0) is 56.9 Å². The van der Waals surface area contributed by atoms with Crippen LogP contribution in [-0.2, 0) is 19.3 Å². The van der Waals surface area contributed by atoms with Crippen LogP contribution in [0.5, 0.6) is 5.75 Å². The molecule has 1 unspecified atom stereocenters. The Hall–Kier alpha value is -3.28. The summed E-state index contributed by atoms with van der Waals surface area (Å²) < 4.78 is 55.2. The summed E-state index contributed by atoms with van der Waals surface area (Å²) in [6.07, 6.45) is 2.03. The maximum Gasteiger partial charge on any atom is 0.442 e. The van der Waals surface area contributed by atoms with Crippen molar-refractivity contribution in [3.8, 4) is 5.75 Å². The van der Waals surface area contributed by atoms with Gasteiger partial charge in [0.1, 0.15) is 26.4 Å². The molecule has 2 amide bonds. The minimum absolute atomic E-state index is 0.0120. The number of nitrogens with one attached hydrogen (secondary N) is 1. The number of nitrogens with zero attached hydrogens (tertiary/aromatic N) is 3. The summed E-state index contributed by atoms with van der Waals surface area (Å²) in [6.45, 7) is 9.32. The van der Waals surface area contributed by atoms with Crippen molar-refractivity contribution in [3.63, 3.8) is 0 Å².